The number of hydrogen-bond donors (Lipinski definition) is 1. The van der Waals surface area contributed by atoms with E-state index < -0.39 is 0 Å². The van der Waals surface area contributed by atoms with Crippen LogP contribution in [0, 0.1) is 0 Å². The molecule has 0 unspecified atom stereocenters. The molecule has 1 atom stereocenters. The molecule has 1 aromatic rings. The Balaban J connectivity index is 0.00000144. The maximum absolute atomic E-state index is 6.01. The Morgan fingerprint density at radius 2 is 2.23 bits per heavy atom. The van der Waals surface area contributed by atoms with Crippen LogP contribution >= 0.6 is 12.4 Å². The summed E-state index contributed by atoms with van der Waals surface area (Å²) >= 11 is 0. The predicted octanol–water partition coefficient (Wildman–Crippen LogP) is 2.64. The maximum atomic E-state index is 6.01. The van der Waals surface area contributed by atoms with Crippen molar-refractivity contribution in [2.24, 2.45) is 12.8 Å². The molecule has 0 aliphatic carbocycles. The highest BCUT2D eigenvalue weighted by atomic mass is 35.5. The lowest BCUT2D eigenvalue weighted by molar-refractivity contribution is 0.572. The Hall–Kier alpha value is -0.470. The Morgan fingerprint density at radius 3 is 2.69 bits per heavy atom. The summed E-state index contributed by atoms with van der Waals surface area (Å²) in [7, 11) is 2.04. The van der Waals surface area contributed by atoms with Crippen molar-refractivity contribution in [1.29, 1.82) is 0 Å². The molecule has 1 heterocycles. The number of aryl methyl sites for hydroxylation is 1. The molecular formula is C10H19ClN2. The number of rotatable bonds is 4. The zero-order chi connectivity index (χ0) is 8.97. The highest BCUT2D eigenvalue weighted by Crippen LogP contribution is 2.15. The molecule has 13 heavy (non-hydrogen) atoms. The standard InChI is InChI=1S/C10H18N2.ClH/c1-3-4-6-9(11)10-7-5-8-12(10)2;/h5,7-9H,3-4,6,11H2,1-2H3;1H/t9-;/m0./s1. The molecule has 0 saturated carbocycles. The monoisotopic (exact) mass is 202 g/mol. The fourth-order valence-electron chi connectivity index (χ4n) is 1.43. The van der Waals surface area contributed by atoms with Crippen molar-refractivity contribution in [3.05, 3.63) is 24.0 Å². The molecule has 0 saturated heterocycles. The van der Waals surface area contributed by atoms with Crippen molar-refractivity contribution < 1.29 is 0 Å². The number of halogens is 1. The first-order valence-electron chi connectivity index (χ1n) is 4.62. The molecule has 0 aliphatic rings. The van der Waals surface area contributed by atoms with Gasteiger partial charge in [0.15, 0.2) is 0 Å². The van der Waals surface area contributed by atoms with Crippen molar-refractivity contribution in [2.75, 3.05) is 0 Å². The molecule has 0 aromatic carbocycles. The second-order valence-electron chi connectivity index (χ2n) is 3.29. The van der Waals surface area contributed by atoms with Gasteiger partial charge in [-0.3, -0.25) is 0 Å². The topological polar surface area (TPSA) is 30.9 Å². The van der Waals surface area contributed by atoms with E-state index >= 15 is 0 Å². The van der Waals surface area contributed by atoms with Gasteiger partial charge in [-0.25, -0.2) is 0 Å². The molecule has 1 aromatic heterocycles. The van der Waals surface area contributed by atoms with Gasteiger partial charge in [0, 0.05) is 25.0 Å². The third kappa shape index (κ3) is 3.41. The van der Waals surface area contributed by atoms with Gasteiger partial charge < -0.3 is 10.3 Å². The molecule has 0 fully saturated rings. The van der Waals surface area contributed by atoms with E-state index in [2.05, 4.69) is 17.6 Å². The Labute approximate surface area is 86.5 Å². The zero-order valence-corrected chi connectivity index (χ0v) is 9.18. The quantitative estimate of drug-likeness (QED) is 0.800. The molecule has 0 bridgehead atoms. The first-order chi connectivity index (χ1) is 5.75. The first-order valence-corrected chi connectivity index (χ1v) is 4.62. The van der Waals surface area contributed by atoms with E-state index in [-0.39, 0.29) is 18.4 Å². The summed E-state index contributed by atoms with van der Waals surface area (Å²) < 4.78 is 2.10. The van der Waals surface area contributed by atoms with Gasteiger partial charge in [-0.1, -0.05) is 19.8 Å². The fourth-order valence-corrected chi connectivity index (χ4v) is 1.43. The summed E-state index contributed by atoms with van der Waals surface area (Å²) in [6.45, 7) is 2.19. The van der Waals surface area contributed by atoms with Crippen molar-refractivity contribution in [3.63, 3.8) is 0 Å². The van der Waals surface area contributed by atoms with E-state index in [4.69, 9.17) is 5.73 Å². The fraction of sp³-hybridized carbons (Fsp3) is 0.600. The number of nitrogens with zero attached hydrogens (tertiary/aromatic N) is 1. The molecule has 3 heteroatoms. The summed E-state index contributed by atoms with van der Waals surface area (Å²) in [5, 5.41) is 0. The number of nitrogens with two attached hydrogens (primary N) is 1. The van der Waals surface area contributed by atoms with Crippen LogP contribution in [0.4, 0.5) is 0 Å². The van der Waals surface area contributed by atoms with Crippen LogP contribution in [-0.2, 0) is 7.05 Å². The lowest BCUT2D eigenvalue weighted by Gasteiger charge is -2.11. The summed E-state index contributed by atoms with van der Waals surface area (Å²) in [4.78, 5) is 0. The van der Waals surface area contributed by atoms with Gasteiger partial charge in [0.2, 0.25) is 0 Å². The van der Waals surface area contributed by atoms with Crippen molar-refractivity contribution >= 4 is 12.4 Å². The normalized spacial score (nSPS) is 12.2. The minimum Gasteiger partial charge on any atom is -0.353 e. The van der Waals surface area contributed by atoms with Crippen LogP contribution in [0.5, 0.6) is 0 Å². The highest BCUT2D eigenvalue weighted by molar-refractivity contribution is 5.85. The lowest BCUT2D eigenvalue weighted by atomic mass is 10.1. The van der Waals surface area contributed by atoms with Gasteiger partial charge in [-0.05, 0) is 18.6 Å². The lowest BCUT2D eigenvalue weighted by Crippen LogP contribution is -2.13. The molecule has 0 spiro atoms. The minimum atomic E-state index is 0. The molecule has 0 aliphatic heterocycles. The first kappa shape index (κ1) is 12.5. The van der Waals surface area contributed by atoms with Crippen LogP contribution in [-0.4, -0.2) is 4.57 Å². The van der Waals surface area contributed by atoms with Crippen LogP contribution in [0.2, 0.25) is 0 Å². The molecular weight excluding hydrogens is 184 g/mol. The largest absolute Gasteiger partial charge is 0.353 e. The predicted molar refractivity (Wildman–Crippen MR) is 59.1 cm³/mol. The van der Waals surface area contributed by atoms with Gasteiger partial charge in [0.05, 0.1) is 0 Å². The second-order valence-corrected chi connectivity index (χ2v) is 3.29. The van der Waals surface area contributed by atoms with Gasteiger partial charge >= 0.3 is 0 Å². The minimum absolute atomic E-state index is 0. The summed E-state index contributed by atoms with van der Waals surface area (Å²) in [5.41, 5.74) is 7.24. The highest BCUT2D eigenvalue weighted by Gasteiger charge is 2.06. The van der Waals surface area contributed by atoms with Gasteiger partial charge in [0.1, 0.15) is 0 Å². The van der Waals surface area contributed by atoms with Crippen molar-refractivity contribution in [3.8, 4) is 0 Å². The van der Waals surface area contributed by atoms with E-state index in [0.29, 0.717) is 0 Å². The van der Waals surface area contributed by atoms with Gasteiger partial charge in [-0.15, -0.1) is 12.4 Å². The number of hydrogen-bond acceptors (Lipinski definition) is 1. The van der Waals surface area contributed by atoms with Crippen LogP contribution in [0.15, 0.2) is 18.3 Å². The Kier molecular flexibility index (Phi) is 5.84. The Morgan fingerprint density at radius 1 is 1.54 bits per heavy atom. The van der Waals surface area contributed by atoms with Crippen LogP contribution in [0.1, 0.15) is 37.9 Å². The molecule has 1 rings (SSSR count). The van der Waals surface area contributed by atoms with E-state index in [0.717, 1.165) is 6.42 Å². The van der Waals surface area contributed by atoms with Crippen molar-refractivity contribution in [1.82, 2.24) is 4.57 Å². The van der Waals surface area contributed by atoms with Gasteiger partial charge in [-0.2, -0.15) is 0 Å². The van der Waals surface area contributed by atoms with E-state index in [1.165, 1.54) is 18.5 Å². The number of aromatic nitrogens is 1. The average molecular weight is 203 g/mol. The summed E-state index contributed by atoms with van der Waals surface area (Å²) in [6.07, 6.45) is 5.57. The summed E-state index contributed by atoms with van der Waals surface area (Å²) in [6, 6.07) is 4.35. The SMILES string of the molecule is CCCC[C@H](N)c1cccn1C.Cl. The van der Waals surface area contributed by atoms with E-state index in [1.54, 1.807) is 0 Å². The molecule has 2 nitrogen and oxygen atoms in total. The van der Waals surface area contributed by atoms with E-state index in [1.807, 2.05) is 19.3 Å². The smallest absolute Gasteiger partial charge is 0.0449 e. The maximum Gasteiger partial charge on any atom is 0.0449 e. The third-order valence-corrected chi connectivity index (χ3v) is 2.23. The molecule has 0 radical (unpaired) electrons. The van der Waals surface area contributed by atoms with E-state index in [9.17, 15) is 0 Å². The zero-order valence-electron chi connectivity index (χ0n) is 8.36. The third-order valence-electron chi connectivity index (χ3n) is 2.23. The second kappa shape index (κ2) is 6.06. The van der Waals surface area contributed by atoms with Crippen LogP contribution < -0.4 is 5.73 Å². The molecule has 2 N–H and O–H groups in total. The number of unbranched alkanes of at least 4 members (excludes halogenated alkanes) is 1. The molecule has 0 amide bonds. The average Bonchev–Trinajstić information content (AvgIpc) is 2.47. The van der Waals surface area contributed by atoms with Crippen LogP contribution in [0.3, 0.4) is 0 Å². The molecule has 76 valence electrons. The van der Waals surface area contributed by atoms with Gasteiger partial charge in [0.25, 0.3) is 0 Å². The van der Waals surface area contributed by atoms with Crippen LogP contribution in [0.25, 0.3) is 0 Å². The van der Waals surface area contributed by atoms with Crippen molar-refractivity contribution in [2.45, 2.75) is 32.2 Å². The summed E-state index contributed by atoms with van der Waals surface area (Å²) in [5.74, 6) is 0. The Bertz CT molecular complexity index is 233.